The van der Waals surface area contributed by atoms with Gasteiger partial charge in [-0.2, -0.15) is 4.31 Å². The van der Waals surface area contributed by atoms with Gasteiger partial charge < -0.3 is 10.2 Å². The molecule has 1 aliphatic rings. The molecule has 2 amide bonds. The summed E-state index contributed by atoms with van der Waals surface area (Å²) in [6.45, 7) is 0.921. The fraction of sp³-hybridized carbons (Fsp3) is 0.333. The maximum atomic E-state index is 12.7. The normalized spacial score (nSPS) is 14.9. The number of hydrogen-bond donors (Lipinski definition) is 1. The van der Waals surface area contributed by atoms with Gasteiger partial charge in [-0.05, 0) is 65.2 Å². The number of hydrogen-bond acceptors (Lipinski definition) is 4. The van der Waals surface area contributed by atoms with Crippen LogP contribution in [-0.2, 0) is 14.8 Å². The Labute approximate surface area is 185 Å². The van der Waals surface area contributed by atoms with E-state index in [9.17, 15) is 18.0 Å². The highest BCUT2D eigenvalue weighted by atomic mass is 79.9. The second-order valence-corrected chi connectivity index (χ2v) is 9.97. The van der Waals surface area contributed by atoms with Gasteiger partial charge in [0.05, 0.1) is 17.1 Å². The highest BCUT2D eigenvalue weighted by molar-refractivity contribution is 9.10. The molecule has 30 heavy (non-hydrogen) atoms. The predicted octanol–water partition coefficient (Wildman–Crippen LogP) is 3.33. The molecule has 0 aromatic heterocycles. The van der Waals surface area contributed by atoms with Crippen molar-refractivity contribution in [1.29, 1.82) is 0 Å². The third-order valence-electron chi connectivity index (χ3n) is 4.93. The zero-order chi connectivity index (χ0) is 21.7. The zero-order valence-electron chi connectivity index (χ0n) is 16.7. The van der Waals surface area contributed by atoms with E-state index in [0.29, 0.717) is 24.3 Å². The molecule has 160 valence electrons. The quantitative estimate of drug-likeness (QED) is 0.668. The van der Waals surface area contributed by atoms with Crippen LogP contribution < -0.4 is 5.32 Å². The second kappa shape index (κ2) is 9.72. The zero-order valence-corrected chi connectivity index (χ0v) is 19.1. The third-order valence-corrected chi connectivity index (χ3v) is 7.53. The van der Waals surface area contributed by atoms with E-state index in [2.05, 4.69) is 21.2 Å². The monoisotopic (exact) mass is 493 g/mol. The molecule has 1 saturated heterocycles. The Bertz CT molecular complexity index is 1020. The van der Waals surface area contributed by atoms with Crippen molar-refractivity contribution in [2.75, 3.05) is 32.0 Å². The van der Waals surface area contributed by atoms with Crippen molar-refractivity contribution < 1.29 is 18.0 Å². The SMILES string of the molecule is CN(CC(=O)Nc1ccccc1Br)C(=O)c1ccc(S(=O)(=O)N2CCCCC2)cc1. The summed E-state index contributed by atoms with van der Waals surface area (Å²) in [4.78, 5) is 26.4. The van der Waals surface area contributed by atoms with Gasteiger partial charge in [0.25, 0.3) is 5.91 Å². The molecule has 9 heteroatoms. The molecule has 0 spiro atoms. The Hall–Kier alpha value is -2.23. The number of rotatable bonds is 6. The fourth-order valence-electron chi connectivity index (χ4n) is 3.28. The lowest BCUT2D eigenvalue weighted by Gasteiger charge is -2.26. The van der Waals surface area contributed by atoms with Crippen molar-refractivity contribution in [3.05, 3.63) is 58.6 Å². The summed E-state index contributed by atoms with van der Waals surface area (Å²) in [5.41, 5.74) is 0.944. The fourth-order valence-corrected chi connectivity index (χ4v) is 5.18. The first-order valence-corrected chi connectivity index (χ1v) is 11.9. The largest absolute Gasteiger partial charge is 0.332 e. The smallest absolute Gasteiger partial charge is 0.254 e. The number of piperidine rings is 1. The van der Waals surface area contributed by atoms with E-state index in [-0.39, 0.29) is 23.3 Å². The Morgan fingerprint density at radius 3 is 2.30 bits per heavy atom. The van der Waals surface area contributed by atoms with Crippen molar-refractivity contribution in [3.63, 3.8) is 0 Å². The van der Waals surface area contributed by atoms with Crippen molar-refractivity contribution >= 4 is 43.5 Å². The summed E-state index contributed by atoms with van der Waals surface area (Å²) >= 11 is 3.36. The molecule has 0 saturated carbocycles. The molecule has 0 aliphatic carbocycles. The first kappa shape index (κ1) is 22.5. The first-order chi connectivity index (χ1) is 14.3. The number of sulfonamides is 1. The summed E-state index contributed by atoms with van der Waals surface area (Å²) < 4.78 is 27.7. The molecule has 1 N–H and O–H groups in total. The minimum Gasteiger partial charge on any atom is -0.332 e. The summed E-state index contributed by atoms with van der Waals surface area (Å²) in [5.74, 6) is -0.693. The summed E-state index contributed by atoms with van der Waals surface area (Å²) in [5, 5.41) is 2.75. The van der Waals surface area contributed by atoms with Gasteiger partial charge in [-0.3, -0.25) is 9.59 Å². The van der Waals surface area contributed by atoms with Gasteiger partial charge in [0.1, 0.15) is 0 Å². The standard InChI is InChI=1S/C21H24BrN3O4S/c1-24(15-20(26)23-19-8-4-3-7-18(19)22)21(27)16-9-11-17(12-10-16)30(28,29)25-13-5-2-6-14-25/h3-4,7-12H,2,5-6,13-15H2,1H3,(H,23,26). The molecule has 3 rings (SSSR count). The van der Waals surface area contributed by atoms with Crippen LogP contribution in [0.25, 0.3) is 0 Å². The highest BCUT2D eigenvalue weighted by Crippen LogP contribution is 2.22. The molecule has 0 bridgehead atoms. The van der Waals surface area contributed by atoms with Gasteiger partial charge in [0.15, 0.2) is 0 Å². The molecule has 1 heterocycles. The lowest BCUT2D eigenvalue weighted by Crippen LogP contribution is -2.36. The summed E-state index contributed by atoms with van der Waals surface area (Å²) in [6, 6.07) is 13.1. The Kier molecular flexibility index (Phi) is 7.27. The van der Waals surface area contributed by atoms with Crippen molar-refractivity contribution in [2.45, 2.75) is 24.2 Å². The highest BCUT2D eigenvalue weighted by Gasteiger charge is 2.26. The predicted molar refractivity (Wildman–Crippen MR) is 119 cm³/mol. The topological polar surface area (TPSA) is 86.8 Å². The minimum absolute atomic E-state index is 0.131. The van der Waals surface area contributed by atoms with Gasteiger partial charge in [-0.1, -0.05) is 18.6 Å². The van der Waals surface area contributed by atoms with Crippen LogP contribution in [0, 0.1) is 0 Å². The summed E-state index contributed by atoms with van der Waals surface area (Å²) in [7, 11) is -2.01. The number of para-hydroxylation sites is 1. The van der Waals surface area contributed by atoms with Crippen LogP contribution in [0.15, 0.2) is 57.9 Å². The molecule has 0 unspecified atom stereocenters. The van der Waals surface area contributed by atoms with E-state index in [4.69, 9.17) is 0 Å². The minimum atomic E-state index is -3.54. The van der Waals surface area contributed by atoms with E-state index < -0.39 is 10.0 Å². The molecule has 0 atom stereocenters. The number of nitrogens with one attached hydrogen (secondary N) is 1. The molecule has 1 fully saturated rings. The van der Waals surface area contributed by atoms with E-state index >= 15 is 0 Å². The second-order valence-electron chi connectivity index (χ2n) is 7.18. The average molecular weight is 494 g/mol. The Balaban J connectivity index is 1.63. The van der Waals surface area contributed by atoms with E-state index in [1.54, 1.807) is 12.1 Å². The maximum absolute atomic E-state index is 12.7. The molecule has 0 radical (unpaired) electrons. The van der Waals surface area contributed by atoms with Crippen LogP contribution >= 0.6 is 15.9 Å². The molecule has 1 aliphatic heterocycles. The average Bonchev–Trinajstić information content (AvgIpc) is 2.75. The van der Waals surface area contributed by atoms with E-state index in [1.807, 2.05) is 12.1 Å². The van der Waals surface area contributed by atoms with Crippen molar-refractivity contribution in [1.82, 2.24) is 9.21 Å². The van der Waals surface area contributed by atoms with Crippen molar-refractivity contribution in [2.24, 2.45) is 0 Å². The molecular weight excluding hydrogens is 470 g/mol. The van der Waals surface area contributed by atoms with Crippen LogP contribution in [0.4, 0.5) is 5.69 Å². The Morgan fingerprint density at radius 2 is 1.67 bits per heavy atom. The number of benzene rings is 2. The van der Waals surface area contributed by atoms with Crippen LogP contribution in [0.3, 0.4) is 0 Å². The molecular formula is C21H24BrN3O4S. The van der Waals surface area contributed by atoms with E-state index in [0.717, 1.165) is 23.7 Å². The first-order valence-electron chi connectivity index (χ1n) is 9.69. The van der Waals surface area contributed by atoms with E-state index in [1.165, 1.54) is 40.5 Å². The summed E-state index contributed by atoms with van der Waals surface area (Å²) in [6.07, 6.45) is 2.77. The van der Waals surface area contributed by atoms with Crippen LogP contribution in [-0.4, -0.2) is 56.1 Å². The number of nitrogens with zero attached hydrogens (tertiary/aromatic N) is 2. The van der Waals surface area contributed by atoms with Crippen LogP contribution in [0.1, 0.15) is 29.6 Å². The number of halogens is 1. The van der Waals surface area contributed by atoms with Crippen LogP contribution in [0.2, 0.25) is 0 Å². The molecule has 7 nitrogen and oxygen atoms in total. The van der Waals surface area contributed by atoms with Gasteiger partial charge in [0, 0.05) is 30.2 Å². The number of anilines is 1. The number of amides is 2. The molecule has 2 aromatic rings. The third kappa shape index (κ3) is 5.27. The van der Waals surface area contributed by atoms with Gasteiger partial charge in [-0.25, -0.2) is 8.42 Å². The maximum Gasteiger partial charge on any atom is 0.254 e. The number of likely N-dealkylation sites (N-methyl/N-ethyl adjacent to an activating group) is 1. The van der Waals surface area contributed by atoms with Crippen molar-refractivity contribution in [3.8, 4) is 0 Å². The lowest BCUT2D eigenvalue weighted by atomic mass is 10.2. The van der Waals surface area contributed by atoms with Gasteiger partial charge in [-0.15, -0.1) is 0 Å². The number of carbonyl (C=O) groups excluding carboxylic acids is 2. The van der Waals surface area contributed by atoms with Crippen LogP contribution in [0.5, 0.6) is 0 Å². The van der Waals surface area contributed by atoms with Gasteiger partial charge in [0.2, 0.25) is 15.9 Å². The van der Waals surface area contributed by atoms with Gasteiger partial charge >= 0.3 is 0 Å². The molecule has 2 aromatic carbocycles. The lowest BCUT2D eigenvalue weighted by molar-refractivity contribution is -0.116. The number of carbonyl (C=O) groups is 2. The Morgan fingerprint density at radius 1 is 1.03 bits per heavy atom.